The van der Waals surface area contributed by atoms with Crippen LogP contribution in [0.2, 0.25) is 0 Å². The summed E-state index contributed by atoms with van der Waals surface area (Å²) in [6.45, 7) is 0. The molecule has 0 amide bonds. The quantitative estimate of drug-likeness (QED) is 0.629. The molecule has 1 aromatic rings. The zero-order chi connectivity index (χ0) is 10.5. The lowest BCUT2D eigenvalue weighted by molar-refractivity contribution is 0.579. The van der Waals surface area contributed by atoms with E-state index < -0.39 is 7.14 Å². The Kier molecular flexibility index (Phi) is 2.44. The Bertz CT molecular complexity index is 424. The SMILES string of the molecule is O=P(c1cncc(I)c1)(C1CC1)C1CC1. The third kappa shape index (κ3) is 1.78. The van der Waals surface area contributed by atoms with Crippen molar-refractivity contribution in [2.45, 2.75) is 37.0 Å². The van der Waals surface area contributed by atoms with Crippen molar-refractivity contribution >= 4 is 35.0 Å². The van der Waals surface area contributed by atoms with E-state index in [9.17, 15) is 4.57 Å². The molecule has 2 nitrogen and oxygen atoms in total. The van der Waals surface area contributed by atoms with Crippen molar-refractivity contribution in [1.82, 2.24) is 4.98 Å². The van der Waals surface area contributed by atoms with Gasteiger partial charge < -0.3 is 4.57 Å². The van der Waals surface area contributed by atoms with Gasteiger partial charge in [0, 0.05) is 32.6 Å². The Morgan fingerprint density at radius 1 is 1.20 bits per heavy atom. The first-order chi connectivity index (χ1) is 7.21. The normalized spacial score (nSPS) is 21.7. The number of halogens is 1. The zero-order valence-electron chi connectivity index (χ0n) is 8.40. The molecule has 2 fully saturated rings. The van der Waals surface area contributed by atoms with Gasteiger partial charge in [-0.25, -0.2) is 0 Å². The van der Waals surface area contributed by atoms with Crippen molar-refractivity contribution in [2.24, 2.45) is 0 Å². The molecule has 0 unspecified atom stereocenters. The highest BCUT2D eigenvalue weighted by Crippen LogP contribution is 2.69. The fourth-order valence-electron chi connectivity index (χ4n) is 2.23. The van der Waals surface area contributed by atoms with Crippen molar-refractivity contribution in [3.05, 3.63) is 22.0 Å². The zero-order valence-corrected chi connectivity index (χ0v) is 11.4. The van der Waals surface area contributed by atoms with Crippen LogP contribution in [0.3, 0.4) is 0 Å². The Labute approximate surface area is 103 Å². The molecule has 4 heteroatoms. The number of aromatic nitrogens is 1. The van der Waals surface area contributed by atoms with Gasteiger partial charge in [0.05, 0.1) is 0 Å². The molecule has 15 heavy (non-hydrogen) atoms. The van der Waals surface area contributed by atoms with Gasteiger partial charge in [0.15, 0.2) is 0 Å². The first-order valence-electron chi connectivity index (χ1n) is 5.42. The number of pyridine rings is 1. The minimum absolute atomic E-state index is 0.491. The summed E-state index contributed by atoms with van der Waals surface area (Å²) in [7, 11) is -2.09. The predicted molar refractivity (Wildman–Crippen MR) is 70.2 cm³/mol. The summed E-state index contributed by atoms with van der Waals surface area (Å²) in [5, 5.41) is 1.04. The average molecular weight is 333 g/mol. The summed E-state index contributed by atoms with van der Waals surface area (Å²) < 4.78 is 14.2. The van der Waals surface area contributed by atoms with E-state index in [1.165, 1.54) is 25.7 Å². The van der Waals surface area contributed by atoms with Gasteiger partial charge in [-0.15, -0.1) is 0 Å². The molecule has 2 aliphatic carbocycles. The molecule has 3 rings (SSSR count). The minimum Gasteiger partial charge on any atom is -0.318 e. The van der Waals surface area contributed by atoms with E-state index in [0.717, 1.165) is 8.87 Å². The lowest BCUT2D eigenvalue weighted by atomic mass is 10.5. The van der Waals surface area contributed by atoms with Gasteiger partial charge in [-0.2, -0.15) is 0 Å². The highest BCUT2D eigenvalue weighted by Gasteiger charge is 2.51. The number of nitrogens with zero attached hydrogens (tertiary/aromatic N) is 1. The first kappa shape index (κ1) is 10.3. The fourth-order valence-corrected chi connectivity index (χ4v) is 6.83. The molecule has 80 valence electrons. The monoisotopic (exact) mass is 333 g/mol. The van der Waals surface area contributed by atoms with Crippen molar-refractivity contribution in [1.29, 1.82) is 0 Å². The van der Waals surface area contributed by atoms with Crippen molar-refractivity contribution < 1.29 is 4.57 Å². The van der Waals surface area contributed by atoms with Crippen LogP contribution in [0.15, 0.2) is 18.5 Å². The second-order valence-corrected chi connectivity index (χ2v) is 9.17. The van der Waals surface area contributed by atoms with Gasteiger partial charge in [-0.3, -0.25) is 4.98 Å². The number of hydrogen-bond acceptors (Lipinski definition) is 2. The Morgan fingerprint density at radius 2 is 1.80 bits per heavy atom. The molecule has 0 aromatic carbocycles. The van der Waals surface area contributed by atoms with E-state index in [-0.39, 0.29) is 0 Å². The highest BCUT2D eigenvalue weighted by atomic mass is 127. The smallest absolute Gasteiger partial charge is 0.123 e. The van der Waals surface area contributed by atoms with Crippen LogP contribution in [0.4, 0.5) is 0 Å². The van der Waals surface area contributed by atoms with Crippen LogP contribution in [-0.4, -0.2) is 16.3 Å². The molecule has 0 atom stereocenters. The third-order valence-corrected chi connectivity index (χ3v) is 8.12. The molecule has 0 radical (unpaired) electrons. The Hall–Kier alpha value is 0.110. The molecule has 0 aliphatic heterocycles. The molecule has 2 saturated carbocycles. The van der Waals surface area contributed by atoms with Gasteiger partial charge in [0.2, 0.25) is 0 Å². The lowest BCUT2D eigenvalue weighted by Gasteiger charge is -2.17. The maximum Gasteiger partial charge on any atom is 0.123 e. The molecule has 0 N–H and O–H groups in total. The summed E-state index contributed by atoms with van der Waals surface area (Å²) in [6.07, 6.45) is 8.32. The largest absolute Gasteiger partial charge is 0.318 e. The summed E-state index contributed by atoms with van der Waals surface area (Å²) in [5.41, 5.74) is 0.981. The molecule has 0 bridgehead atoms. The van der Waals surface area contributed by atoms with Crippen LogP contribution in [-0.2, 0) is 4.57 Å². The van der Waals surface area contributed by atoms with Crippen LogP contribution in [0.25, 0.3) is 0 Å². The molecular formula is C11H13INOP. The van der Waals surface area contributed by atoms with Crippen LogP contribution < -0.4 is 5.30 Å². The Balaban J connectivity index is 2.05. The van der Waals surface area contributed by atoms with Crippen LogP contribution in [0.5, 0.6) is 0 Å². The average Bonchev–Trinajstić information content (AvgIpc) is 3.04. The van der Waals surface area contributed by atoms with Crippen LogP contribution in [0.1, 0.15) is 25.7 Å². The van der Waals surface area contributed by atoms with Gasteiger partial charge in [-0.05, 0) is 54.3 Å². The topological polar surface area (TPSA) is 30.0 Å². The van der Waals surface area contributed by atoms with Gasteiger partial charge in [0.25, 0.3) is 0 Å². The molecule has 2 aliphatic rings. The van der Waals surface area contributed by atoms with Crippen LogP contribution in [0, 0.1) is 3.57 Å². The van der Waals surface area contributed by atoms with E-state index in [1.54, 1.807) is 0 Å². The summed E-state index contributed by atoms with van der Waals surface area (Å²) in [6, 6.07) is 2.07. The second kappa shape index (κ2) is 3.56. The summed E-state index contributed by atoms with van der Waals surface area (Å²) in [5.74, 6) is 0. The number of rotatable bonds is 3. The standard InChI is InChI=1S/C11H13INOP/c12-8-5-11(7-13-6-8)15(14,9-1-2-9)10-3-4-10/h5-7,9-10H,1-4H2. The van der Waals surface area contributed by atoms with Crippen molar-refractivity contribution in [2.75, 3.05) is 0 Å². The molecule has 1 heterocycles. The van der Waals surface area contributed by atoms with Gasteiger partial charge in [0.1, 0.15) is 7.14 Å². The van der Waals surface area contributed by atoms with Gasteiger partial charge in [-0.1, -0.05) is 0 Å². The van der Waals surface area contributed by atoms with E-state index in [4.69, 9.17) is 0 Å². The van der Waals surface area contributed by atoms with Crippen molar-refractivity contribution in [3.8, 4) is 0 Å². The summed E-state index contributed by atoms with van der Waals surface area (Å²) >= 11 is 2.25. The first-order valence-corrected chi connectivity index (χ1v) is 8.34. The maximum atomic E-state index is 13.0. The second-order valence-electron chi connectivity index (χ2n) is 4.53. The lowest BCUT2D eigenvalue weighted by Crippen LogP contribution is -2.13. The molecule has 0 saturated heterocycles. The molecule has 1 aromatic heterocycles. The van der Waals surface area contributed by atoms with Crippen molar-refractivity contribution in [3.63, 3.8) is 0 Å². The van der Waals surface area contributed by atoms with E-state index >= 15 is 0 Å². The summed E-state index contributed by atoms with van der Waals surface area (Å²) in [4.78, 5) is 4.19. The minimum atomic E-state index is -2.09. The third-order valence-electron chi connectivity index (χ3n) is 3.27. The van der Waals surface area contributed by atoms with Crippen LogP contribution >= 0.6 is 29.7 Å². The van der Waals surface area contributed by atoms with E-state index in [2.05, 4.69) is 33.6 Å². The molecule has 0 spiro atoms. The Morgan fingerprint density at radius 3 is 2.27 bits per heavy atom. The maximum absolute atomic E-state index is 13.0. The highest BCUT2D eigenvalue weighted by molar-refractivity contribution is 14.1. The fraction of sp³-hybridized carbons (Fsp3) is 0.545. The molecular weight excluding hydrogens is 320 g/mol. The predicted octanol–water partition coefficient (Wildman–Crippen LogP) is 3.00. The van der Waals surface area contributed by atoms with E-state index in [0.29, 0.717) is 11.3 Å². The number of hydrogen-bond donors (Lipinski definition) is 0. The van der Waals surface area contributed by atoms with E-state index in [1.807, 2.05) is 12.4 Å². The van der Waals surface area contributed by atoms with Gasteiger partial charge >= 0.3 is 0 Å².